The minimum Gasteiger partial charge on any atom is -0.478 e. The number of anilines is 1. The Kier molecular flexibility index (Phi) is 9.56. The van der Waals surface area contributed by atoms with Crippen molar-refractivity contribution in [2.75, 3.05) is 51.2 Å². The van der Waals surface area contributed by atoms with Crippen molar-refractivity contribution in [2.24, 2.45) is 0 Å². The van der Waals surface area contributed by atoms with Gasteiger partial charge < -0.3 is 25.0 Å². The van der Waals surface area contributed by atoms with E-state index < -0.39 is 11.5 Å². The number of thiazole rings is 1. The molecule has 1 fully saturated rings. The zero-order valence-corrected chi connectivity index (χ0v) is 25.6. The van der Waals surface area contributed by atoms with Crippen molar-refractivity contribution in [1.29, 1.82) is 0 Å². The summed E-state index contributed by atoms with van der Waals surface area (Å²) in [6, 6.07) is 3.65. The molecule has 0 aliphatic carbocycles. The molecule has 13 nitrogen and oxygen atoms in total. The van der Waals surface area contributed by atoms with Crippen molar-refractivity contribution in [3.8, 4) is 16.5 Å². The van der Waals surface area contributed by atoms with E-state index in [1.54, 1.807) is 21.2 Å². The third-order valence-electron chi connectivity index (χ3n) is 7.03. The van der Waals surface area contributed by atoms with Crippen LogP contribution in [0.15, 0.2) is 29.9 Å². The molecule has 0 saturated carbocycles. The summed E-state index contributed by atoms with van der Waals surface area (Å²) in [4.78, 5) is 51.7. The summed E-state index contributed by atoms with van der Waals surface area (Å²) in [5, 5.41) is 12.6. The highest BCUT2D eigenvalue weighted by molar-refractivity contribution is 7.13. The Morgan fingerprint density at radius 3 is 2.70 bits per heavy atom. The van der Waals surface area contributed by atoms with Gasteiger partial charge in [-0.2, -0.15) is 5.10 Å². The van der Waals surface area contributed by atoms with Crippen LogP contribution in [0, 0.1) is 0 Å². The van der Waals surface area contributed by atoms with Gasteiger partial charge in [-0.3, -0.25) is 19.2 Å². The number of rotatable bonds is 3. The molecule has 0 aromatic carbocycles. The average Bonchev–Trinajstić information content (AvgIpc) is 3.62. The molecule has 14 heteroatoms. The fourth-order valence-electron chi connectivity index (χ4n) is 4.79. The quantitative estimate of drug-likeness (QED) is 0.455. The van der Waals surface area contributed by atoms with Crippen molar-refractivity contribution in [3.05, 3.63) is 41.3 Å². The van der Waals surface area contributed by atoms with Crippen LogP contribution in [0.5, 0.6) is 5.88 Å². The van der Waals surface area contributed by atoms with Gasteiger partial charge in [0, 0.05) is 62.5 Å². The van der Waals surface area contributed by atoms with E-state index in [1.165, 1.54) is 17.5 Å². The van der Waals surface area contributed by atoms with Crippen LogP contribution in [0.25, 0.3) is 10.6 Å². The van der Waals surface area contributed by atoms with Crippen molar-refractivity contribution < 1.29 is 23.9 Å². The summed E-state index contributed by atoms with van der Waals surface area (Å²) >= 11 is 1.34. The van der Waals surface area contributed by atoms with Gasteiger partial charge in [0.1, 0.15) is 22.0 Å². The second-order valence-electron chi connectivity index (χ2n) is 11.5. The van der Waals surface area contributed by atoms with Gasteiger partial charge in [-0.15, -0.1) is 11.3 Å². The molecule has 3 aromatic rings. The third-order valence-corrected chi connectivity index (χ3v) is 7.92. The molecular formula is C29H38N8O5S. The van der Waals surface area contributed by atoms with E-state index in [0.717, 1.165) is 24.8 Å². The maximum atomic E-state index is 13.4. The number of nitrogens with one attached hydrogen (secondary N) is 2. The molecular weight excluding hydrogens is 572 g/mol. The summed E-state index contributed by atoms with van der Waals surface area (Å²) in [6.07, 6.45) is 5.34. The summed E-state index contributed by atoms with van der Waals surface area (Å²) < 4.78 is 12.9. The van der Waals surface area contributed by atoms with E-state index in [0.29, 0.717) is 74.7 Å². The van der Waals surface area contributed by atoms with Crippen LogP contribution in [-0.4, -0.2) is 98.9 Å². The number of piperazine rings is 1. The van der Waals surface area contributed by atoms with Gasteiger partial charge in [-0.25, -0.2) is 14.8 Å². The third kappa shape index (κ3) is 8.08. The largest absolute Gasteiger partial charge is 0.478 e. The van der Waals surface area contributed by atoms with E-state index in [4.69, 9.17) is 9.47 Å². The predicted octanol–water partition coefficient (Wildman–Crippen LogP) is 3.50. The highest BCUT2D eigenvalue weighted by Gasteiger charge is 2.27. The van der Waals surface area contributed by atoms with E-state index >= 15 is 0 Å². The van der Waals surface area contributed by atoms with Crippen LogP contribution in [0.3, 0.4) is 0 Å². The van der Waals surface area contributed by atoms with Gasteiger partial charge in [0.05, 0.1) is 25.0 Å². The van der Waals surface area contributed by atoms with E-state index in [-0.39, 0.29) is 17.7 Å². The highest BCUT2D eigenvalue weighted by atomic mass is 32.1. The normalized spacial score (nSPS) is 17.1. The minimum absolute atomic E-state index is 0.238. The minimum atomic E-state index is -0.535. The number of fused-ring (bicyclic) bond motifs is 6. The molecule has 230 valence electrons. The molecule has 0 spiro atoms. The molecule has 3 amide bonds. The first-order valence-electron chi connectivity index (χ1n) is 14.6. The number of pyridine rings is 1. The van der Waals surface area contributed by atoms with Crippen molar-refractivity contribution in [2.45, 2.75) is 52.2 Å². The van der Waals surface area contributed by atoms with Crippen LogP contribution >= 0.6 is 11.3 Å². The number of aromatic nitrogens is 4. The van der Waals surface area contributed by atoms with Gasteiger partial charge in [0.15, 0.2) is 0 Å². The van der Waals surface area contributed by atoms with Gasteiger partial charge in [0.25, 0.3) is 11.8 Å². The predicted molar refractivity (Wildman–Crippen MR) is 161 cm³/mol. The molecule has 0 unspecified atom stereocenters. The first kappa shape index (κ1) is 30.4. The highest BCUT2D eigenvalue weighted by Crippen LogP contribution is 2.27. The molecule has 3 aromatic heterocycles. The van der Waals surface area contributed by atoms with Gasteiger partial charge >= 0.3 is 6.09 Å². The SMILES string of the molecule is CC(C)(C)OC(=O)N1CCN(CCn2ncc3c2C(=O)NCCCCCOc2cc(ccn2)-c2nc(cs2)C(=O)N3)CC1. The maximum Gasteiger partial charge on any atom is 0.410 e. The van der Waals surface area contributed by atoms with E-state index in [1.807, 2.05) is 32.9 Å². The molecule has 2 N–H and O–H groups in total. The van der Waals surface area contributed by atoms with Gasteiger partial charge in [-0.05, 0) is 46.1 Å². The maximum absolute atomic E-state index is 13.4. The second kappa shape index (κ2) is 13.5. The molecule has 43 heavy (non-hydrogen) atoms. The zero-order valence-electron chi connectivity index (χ0n) is 24.8. The van der Waals surface area contributed by atoms with Crippen molar-refractivity contribution in [3.63, 3.8) is 0 Å². The molecule has 4 bridgehead atoms. The smallest absolute Gasteiger partial charge is 0.410 e. The van der Waals surface area contributed by atoms with Crippen LogP contribution in [0.1, 0.15) is 61.0 Å². The van der Waals surface area contributed by atoms with Crippen LogP contribution in [-0.2, 0) is 11.3 Å². The lowest BCUT2D eigenvalue weighted by molar-refractivity contribution is 0.0141. The molecule has 5 rings (SSSR count). The van der Waals surface area contributed by atoms with Gasteiger partial charge in [-0.1, -0.05) is 0 Å². The Bertz CT molecular complexity index is 1440. The molecule has 2 aliphatic rings. The number of hydrogen-bond donors (Lipinski definition) is 2. The summed E-state index contributed by atoms with van der Waals surface area (Å²) in [5.41, 5.74) is 1.14. The van der Waals surface area contributed by atoms with Crippen molar-refractivity contribution >= 4 is 34.9 Å². The number of amides is 3. The first-order chi connectivity index (χ1) is 20.7. The lowest BCUT2D eigenvalue weighted by Crippen LogP contribution is -2.50. The molecule has 2 aliphatic heterocycles. The Hall–Kier alpha value is -4.04. The lowest BCUT2D eigenvalue weighted by Gasteiger charge is -2.35. The van der Waals surface area contributed by atoms with Crippen LogP contribution < -0.4 is 15.4 Å². The van der Waals surface area contributed by atoms with Gasteiger partial charge in [0.2, 0.25) is 5.88 Å². The van der Waals surface area contributed by atoms with E-state index in [9.17, 15) is 14.4 Å². The summed E-state index contributed by atoms with van der Waals surface area (Å²) in [5.74, 6) is -0.228. The molecule has 5 heterocycles. The zero-order chi connectivity index (χ0) is 30.4. The Labute approximate surface area is 254 Å². The monoisotopic (exact) mass is 610 g/mol. The molecule has 0 radical (unpaired) electrons. The number of carbonyl (C=O) groups is 3. The fourth-order valence-corrected chi connectivity index (χ4v) is 5.58. The second-order valence-corrected chi connectivity index (χ2v) is 12.3. The summed E-state index contributed by atoms with van der Waals surface area (Å²) in [6.45, 7) is 10.1. The van der Waals surface area contributed by atoms with E-state index in [2.05, 4.69) is 30.6 Å². The number of hydrogen-bond acceptors (Lipinski definition) is 10. The Balaban J connectivity index is 1.28. The number of nitrogens with zero attached hydrogens (tertiary/aromatic N) is 6. The number of ether oxygens (including phenoxy) is 2. The summed E-state index contributed by atoms with van der Waals surface area (Å²) in [7, 11) is 0. The number of carbonyl (C=O) groups excluding carboxylic acids is 3. The average molecular weight is 611 g/mol. The topological polar surface area (TPSA) is 144 Å². The first-order valence-corrected chi connectivity index (χ1v) is 15.4. The van der Waals surface area contributed by atoms with Crippen LogP contribution in [0.4, 0.5) is 10.5 Å². The molecule has 1 saturated heterocycles. The fraction of sp³-hybridized carbons (Fsp3) is 0.517. The standard InChI is InChI=1S/C29H38N8O5S/c1-29(2,3)42-28(40)36-13-10-35(11-14-36)12-15-37-24-21(18-32-37)33-25(38)22-19-43-27(34-22)20-7-9-30-23(17-20)41-16-6-4-5-8-31-26(24)39/h7,9,17-19H,4-6,8,10-16H2,1-3H3,(H,31,39)(H,33,38). The van der Waals surface area contributed by atoms with Crippen LogP contribution in [0.2, 0.25) is 0 Å². The Morgan fingerprint density at radius 2 is 1.91 bits per heavy atom. The Morgan fingerprint density at radius 1 is 1.09 bits per heavy atom. The molecule has 0 atom stereocenters. The van der Waals surface area contributed by atoms with Crippen molar-refractivity contribution in [1.82, 2.24) is 34.9 Å². The lowest BCUT2D eigenvalue weighted by atomic mass is 10.2.